The van der Waals surface area contributed by atoms with E-state index in [-0.39, 0.29) is 17.6 Å². The molecule has 0 aromatic heterocycles. The topological polar surface area (TPSA) is 37.3 Å². The van der Waals surface area contributed by atoms with Crippen LogP contribution in [0.3, 0.4) is 0 Å². The Morgan fingerprint density at radius 2 is 1.32 bits per heavy atom. The number of fused-ring (bicyclic) bond motifs is 1. The zero-order chi connectivity index (χ0) is 20.6. The monoisotopic (exact) mass is 394 g/mol. The van der Waals surface area contributed by atoms with E-state index in [1.54, 1.807) is 6.07 Å². The van der Waals surface area contributed by atoms with Crippen molar-refractivity contribution in [3.63, 3.8) is 0 Å². The molecule has 0 saturated carbocycles. The first-order valence-electron chi connectivity index (χ1n) is 10.0. The Bertz CT molecular complexity index is 1000. The largest absolute Gasteiger partial charge is 0.507 e. The SMILES string of the molecule is CC(C)c1cc(C(C)C)c(S(=O)c2c(O)ccc3ccccc23)c(C(C)C)c1. The summed E-state index contributed by atoms with van der Waals surface area (Å²) in [7, 11) is -1.47. The van der Waals surface area contributed by atoms with Gasteiger partial charge in [0, 0.05) is 5.39 Å². The van der Waals surface area contributed by atoms with Crippen LogP contribution in [0.1, 0.15) is 76.0 Å². The molecule has 3 aromatic rings. The van der Waals surface area contributed by atoms with Gasteiger partial charge >= 0.3 is 0 Å². The molecule has 0 aliphatic rings. The molecule has 28 heavy (non-hydrogen) atoms. The van der Waals surface area contributed by atoms with Crippen molar-refractivity contribution in [1.82, 2.24) is 0 Å². The average Bonchev–Trinajstić information content (AvgIpc) is 2.66. The van der Waals surface area contributed by atoms with Crippen LogP contribution in [-0.4, -0.2) is 9.32 Å². The molecular formula is C25H30O2S. The van der Waals surface area contributed by atoms with Gasteiger partial charge in [0.15, 0.2) is 0 Å². The van der Waals surface area contributed by atoms with Crippen LogP contribution in [0.15, 0.2) is 58.3 Å². The Labute approximate surface area is 171 Å². The summed E-state index contributed by atoms with van der Waals surface area (Å²) in [5.41, 5.74) is 3.50. The summed E-state index contributed by atoms with van der Waals surface area (Å²) < 4.78 is 14.0. The quantitative estimate of drug-likeness (QED) is 0.502. The smallest absolute Gasteiger partial charge is 0.132 e. The van der Waals surface area contributed by atoms with Crippen LogP contribution in [-0.2, 0) is 10.8 Å². The van der Waals surface area contributed by atoms with E-state index in [2.05, 4.69) is 53.7 Å². The maximum absolute atomic E-state index is 14.0. The minimum atomic E-state index is -1.47. The van der Waals surface area contributed by atoms with Gasteiger partial charge < -0.3 is 5.11 Å². The summed E-state index contributed by atoms with van der Waals surface area (Å²) in [6, 6.07) is 15.8. The van der Waals surface area contributed by atoms with E-state index in [0.29, 0.717) is 10.8 Å². The van der Waals surface area contributed by atoms with E-state index in [1.165, 1.54) is 5.56 Å². The van der Waals surface area contributed by atoms with E-state index >= 15 is 0 Å². The van der Waals surface area contributed by atoms with Crippen molar-refractivity contribution in [3.05, 3.63) is 65.2 Å². The molecule has 0 heterocycles. The van der Waals surface area contributed by atoms with Crippen LogP contribution in [0.2, 0.25) is 0 Å². The van der Waals surface area contributed by atoms with E-state index in [9.17, 15) is 9.32 Å². The number of benzene rings is 3. The maximum atomic E-state index is 14.0. The lowest BCUT2D eigenvalue weighted by Crippen LogP contribution is -2.09. The van der Waals surface area contributed by atoms with Gasteiger partial charge in [-0.2, -0.15) is 0 Å². The van der Waals surface area contributed by atoms with Crippen molar-refractivity contribution in [2.75, 3.05) is 0 Å². The van der Waals surface area contributed by atoms with E-state index < -0.39 is 10.8 Å². The van der Waals surface area contributed by atoms with Crippen molar-refractivity contribution in [2.24, 2.45) is 0 Å². The van der Waals surface area contributed by atoms with E-state index in [1.807, 2.05) is 30.3 Å². The van der Waals surface area contributed by atoms with Gasteiger partial charge in [-0.3, -0.25) is 0 Å². The van der Waals surface area contributed by atoms with Gasteiger partial charge in [-0.15, -0.1) is 0 Å². The van der Waals surface area contributed by atoms with Crippen LogP contribution >= 0.6 is 0 Å². The van der Waals surface area contributed by atoms with Crippen molar-refractivity contribution < 1.29 is 9.32 Å². The molecule has 3 rings (SSSR count). The lowest BCUT2D eigenvalue weighted by atomic mass is 9.89. The summed E-state index contributed by atoms with van der Waals surface area (Å²) in [5.74, 6) is 0.984. The normalized spacial score (nSPS) is 13.0. The lowest BCUT2D eigenvalue weighted by Gasteiger charge is -2.23. The molecule has 0 spiro atoms. The van der Waals surface area contributed by atoms with Crippen molar-refractivity contribution in [3.8, 4) is 5.75 Å². The third-order valence-electron chi connectivity index (χ3n) is 5.31. The van der Waals surface area contributed by atoms with Gasteiger partial charge in [0.05, 0.1) is 20.6 Å². The molecule has 0 aliphatic carbocycles. The third-order valence-corrected chi connectivity index (χ3v) is 6.95. The first-order valence-corrected chi connectivity index (χ1v) is 11.2. The number of phenolic OH excluding ortho intramolecular Hbond substituents is 1. The van der Waals surface area contributed by atoms with Crippen LogP contribution in [0.4, 0.5) is 0 Å². The molecule has 3 aromatic carbocycles. The van der Waals surface area contributed by atoms with Crippen molar-refractivity contribution in [2.45, 2.75) is 69.1 Å². The average molecular weight is 395 g/mol. The number of aromatic hydroxyl groups is 1. The molecule has 0 saturated heterocycles. The molecule has 3 heteroatoms. The Kier molecular flexibility index (Phi) is 5.95. The molecule has 148 valence electrons. The summed E-state index contributed by atoms with van der Waals surface area (Å²) in [6.45, 7) is 13.0. The Hall–Kier alpha value is -2.13. The van der Waals surface area contributed by atoms with E-state index in [0.717, 1.165) is 26.8 Å². The second-order valence-corrected chi connectivity index (χ2v) is 9.75. The highest BCUT2D eigenvalue weighted by atomic mass is 32.2. The Morgan fingerprint density at radius 3 is 1.86 bits per heavy atom. The number of rotatable bonds is 5. The van der Waals surface area contributed by atoms with E-state index in [4.69, 9.17) is 0 Å². The fraction of sp³-hybridized carbons (Fsp3) is 0.360. The second-order valence-electron chi connectivity index (χ2n) is 8.40. The summed E-state index contributed by atoms with van der Waals surface area (Å²) in [6.07, 6.45) is 0. The van der Waals surface area contributed by atoms with Gasteiger partial charge in [-0.05, 0) is 45.9 Å². The summed E-state index contributed by atoms with van der Waals surface area (Å²) in [5, 5.41) is 12.5. The molecule has 0 fully saturated rings. The third kappa shape index (κ3) is 3.73. The molecule has 0 amide bonds. The zero-order valence-corrected chi connectivity index (χ0v) is 18.4. The first kappa shape index (κ1) is 20.6. The van der Waals surface area contributed by atoms with Gasteiger partial charge in [0.1, 0.15) is 5.75 Å². The van der Waals surface area contributed by atoms with Crippen LogP contribution in [0, 0.1) is 0 Å². The molecule has 1 N–H and O–H groups in total. The molecule has 1 unspecified atom stereocenters. The first-order chi connectivity index (χ1) is 13.2. The Morgan fingerprint density at radius 1 is 0.750 bits per heavy atom. The predicted molar refractivity (Wildman–Crippen MR) is 119 cm³/mol. The molecule has 0 aliphatic heterocycles. The molecule has 0 radical (unpaired) electrons. The number of hydrogen-bond donors (Lipinski definition) is 1. The van der Waals surface area contributed by atoms with Crippen LogP contribution < -0.4 is 0 Å². The fourth-order valence-electron chi connectivity index (χ4n) is 3.63. The predicted octanol–water partition coefficient (Wildman–Crippen LogP) is 7.08. The highest BCUT2D eigenvalue weighted by Crippen LogP contribution is 2.40. The summed E-state index contributed by atoms with van der Waals surface area (Å²) >= 11 is 0. The highest BCUT2D eigenvalue weighted by Gasteiger charge is 2.25. The van der Waals surface area contributed by atoms with Crippen LogP contribution in [0.25, 0.3) is 10.8 Å². The molecule has 0 bridgehead atoms. The highest BCUT2D eigenvalue weighted by molar-refractivity contribution is 7.85. The maximum Gasteiger partial charge on any atom is 0.132 e. The van der Waals surface area contributed by atoms with Gasteiger partial charge in [0.25, 0.3) is 0 Å². The van der Waals surface area contributed by atoms with Gasteiger partial charge in [0.2, 0.25) is 0 Å². The number of hydrogen-bond acceptors (Lipinski definition) is 2. The molecule has 1 atom stereocenters. The Balaban J connectivity index is 2.35. The molecule has 2 nitrogen and oxygen atoms in total. The summed E-state index contributed by atoms with van der Waals surface area (Å²) in [4.78, 5) is 1.38. The second kappa shape index (κ2) is 8.08. The van der Waals surface area contributed by atoms with Gasteiger partial charge in [-0.25, -0.2) is 4.21 Å². The number of phenols is 1. The van der Waals surface area contributed by atoms with Gasteiger partial charge in [-0.1, -0.05) is 84.0 Å². The molecular weight excluding hydrogens is 364 g/mol. The van der Waals surface area contributed by atoms with Crippen molar-refractivity contribution >= 4 is 21.6 Å². The minimum absolute atomic E-state index is 0.0920. The van der Waals surface area contributed by atoms with Crippen LogP contribution in [0.5, 0.6) is 5.75 Å². The minimum Gasteiger partial charge on any atom is -0.507 e. The standard InChI is InChI=1S/C25H30O2S/c1-15(2)19-13-21(16(3)4)24(22(14-19)17(5)6)28(27)25-20-10-8-7-9-18(20)11-12-23(25)26/h7-17,26H,1-6H3. The zero-order valence-electron chi connectivity index (χ0n) is 17.6. The fourth-order valence-corrected chi connectivity index (χ4v) is 5.50. The lowest BCUT2D eigenvalue weighted by molar-refractivity contribution is 0.463. The van der Waals surface area contributed by atoms with Crippen molar-refractivity contribution in [1.29, 1.82) is 0 Å².